The van der Waals surface area contributed by atoms with E-state index in [-0.39, 0.29) is 17.9 Å². The first-order valence-electron chi connectivity index (χ1n) is 6.27. The van der Waals surface area contributed by atoms with Gasteiger partial charge in [0, 0.05) is 5.92 Å². The van der Waals surface area contributed by atoms with Gasteiger partial charge in [-0.2, -0.15) is 0 Å². The van der Waals surface area contributed by atoms with Crippen molar-refractivity contribution in [3.63, 3.8) is 0 Å². The maximum absolute atomic E-state index is 11.8. The lowest BCUT2D eigenvalue weighted by Crippen LogP contribution is -2.39. The normalized spacial score (nSPS) is 19.5. The van der Waals surface area contributed by atoms with Crippen molar-refractivity contribution in [1.82, 2.24) is 5.32 Å². The van der Waals surface area contributed by atoms with Gasteiger partial charge in [0.05, 0.1) is 6.04 Å². The van der Waals surface area contributed by atoms with Crippen LogP contribution in [0.2, 0.25) is 0 Å². The van der Waals surface area contributed by atoms with Crippen molar-refractivity contribution in [1.29, 1.82) is 0 Å². The second-order valence-electron chi connectivity index (χ2n) is 4.69. The van der Waals surface area contributed by atoms with Gasteiger partial charge in [0.15, 0.2) is 0 Å². The molecule has 1 aromatic rings. The van der Waals surface area contributed by atoms with E-state index in [0.717, 1.165) is 12.8 Å². The van der Waals surface area contributed by atoms with Crippen LogP contribution < -0.4 is 5.32 Å². The van der Waals surface area contributed by atoms with Gasteiger partial charge in [-0.05, 0) is 24.0 Å². The van der Waals surface area contributed by atoms with Crippen LogP contribution in [0.15, 0.2) is 30.3 Å². The quantitative estimate of drug-likeness (QED) is 0.848. The number of carbonyl (C=O) groups is 1. The topological polar surface area (TPSA) is 29.1 Å². The van der Waals surface area contributed by atoms with Gasteiger partial charge in [-0.15, -0.1) is 0 Å². The zero-order chi connectivity index (χ0) is 12.3. The van der Waals surface area contributed by atoms with Crippen LogP contribution in [0.25, 0.3) is 6.08 Å². The molecule has 1 unspecified atom stereocenters. The SMILES string of the molecule is CCC(C)C(=O)N[C@H]1C=Cc2ccccc2C1. The van der Waals surface area contributed by atoms with Crippen molar-refractivity contribution < 1.29 is 4.79 Å². The summed E-state index contributed by atoms with van der Waals surface area (Å²) in [5.41, 5.74) is 2.57. The van der Waals surface area contributed by atoms with Crippen LogP contribution in [0.5, 0.6) is 0 Å². The molecular weight excluding hydrogens is 210 g/mol. The third-order valence-corrected chi connectivity index (χ3v) is 3.39. The number of hydrogen-bond acceptors (Lipinski definition) is 1. The molecule has 1 aliphatic rings. The van der Waals surface area contributed by atoms with Crippen LogP contribution >= 0.6 is 0 Å². The van der Waals surface area contributed by atoms with Gasteiger partial charge >= 0.3 is 0 Å². The Morgan fingerprint density at radius 1 is 1.47 bits per heavy atom. The molecule has 1 N–H and O–H groups in total. The molecule has 17 heavy (non-hydrogen) atoms. The summed E-state index contributed by atoms with van der Waals surface area (Å²) in [5, 5.41) is 3.08. The van der Waals surface area contributed by atoms with Crippen molar-refractivity contribution in [2.45, 2.75) is 32.7 Å². The van der Waals surface area contributed by atoms with E-state index in [1.54, 1.807) is 0 Å². The van der Waals surface area contributed by atoms with Crippen molar-refractivity contribution in [3.05, 3.63) is 41.5 Å². The fourth-order valence-corrected chi connectivity index (χ4v) is 2.02. The van der Waals surface area contributed by atoms with Crippen LogP contribution in [-0.4, -0.2) is 11.9 Å². The third-order valence-electron chi connectivity index (χ3n) is 3.39. The lowest BCUT2D eigenvalue weighted by Gasteiger charge is -2.22. The average molecular weight is 229 g/mol. The molecule has 0 bridgehead atoms. The number of nitrogens with one attached hydrogen (secondary N) is 1. The Kier molecular flexibility index (Phi) is 3.62. The largest absolute Gasteiger partial charge is 0.349 e. The molecule has 0 spiro atoms. The first-order chi connectivity index (χ1) is 8.20. The zero-order valence-corrected chi connectivity index (χ0v) is 10.4. The van der Waals surface area contributed by atoms with Crippen LogP contribution in [0.1, 0.15) is 31.4 Å². The molecule has 0 aromatic heterocycles. The molecule has 2 nitrogen and oxygen atoms in total. The summed E-state index contributed by atoms with van der Waals surface area (Å²) < 4.78 is 0. The maximum atomic E-state index is 11.8. The maximum Gasteiger partial charge on any atom is 0.223 e. The summed E-state index contributed by atoms with van der Waals surface area (Å²) in [6.45, 7) is 4.01. The van der Waals surface area contributed by atoms with E-state index in [1.807, 2.05) is 26.0 Å². The Labute approximate surface area is 103 Å². The number of carbonyl (C=O) groups excluding carboxylic acids is 1. The number of amides is 1. The summed E-state index contributed by atoms with van der Waals surface area (Å²) >= 11 is 0. The van der Waals surface area contributed by atoms with E-state index in [2.05, 4.69) is 29.6 Å². The molecule has 1 aromatic carbocycles. The lowest BCUT2D eigenvalue weighted by molar-refractivity contribution is -0.125. The van der Waals surface area contributed by atoms with E-state index < -0.39 is 0 Å². The summed E-state index contributed by atoms with van der Waals surface area (Å²) in [4.78, 5) is 11.8. The van der Waals surface area contributed by atoms with Crippen LogP contribution in [0, 0.1) is 5.92 Å². The molecule has 0 radical (unpaired) electrons. The fourth-order valence-electron chi connectivity index (χ4n) is 2.02. The first-order valence-corrected chi connectivity index (χ1v) is 6.27. The van der Waals surface area contributed by atoms with Gasteiger partial charge in [-0.1, -0.05) is 50.3 Å². The molecule has 1 aliphatic carbocycles. The second-order valence-corrected chi connectivity index (χ2v) is 4.69. The van der Waals surface area contributed by atoms with Crippen molar-refractivity contribution in [2.24, 2.45) is 5.92 Å². The Morgan fingerprint density at radius 3 is 3.00 bits per heavy atom. The molecule has 2 rings (SSSR count). The van der Waals surface area contributed by atoms with E-state index in [4.69, 9.17) is 0 Å². The number of fused-ring (bicyclic) bond motifs is 1. The fraction of sp³-hybridized carbons (Fsp3) is 0.400. The van der Waals surface area contributed by atoms with Crippen LogP contribution in [0.4, 0.5) is 0 Å². The zero-order valence-electron chi connectivity index (χ0n) is 10.4. The highest BCUT2D eigenvalue weighted by molar-refractivity contribution is 5.79. The predicted molar refractivity (Wildman–Crippen MR) is 70.6 cm³/mol. The highest BCUT2D eigenvalue weighted by Crippen LogP contribution is 2.19. The highest BCUT2D eigenvalue weighted by atomic mass is 16.1. The molecule has 90 valence electrons. The van der Waals surface area contributed by atoms with Gasteiger partial charge < -0.3 is 5.32 Å². The first kappa shape index (κ1) is 11.9. The van der Waals surface area contributed by atoms with Gasteiger partial charge in [-0.3, -0.25) is 4.79 Å². The molecule has 2 atom stereocenters. The number of rotatable bonds is 3. The third kappa shape index (κ3) is 2.76. The minimum Gasteiger partial charge on any atom is -0.349 e. The van der Waals surface area contributed by atoms with E-state index in [9.17, 15) is 4.79 Å². The molecule has 0 fully saturated rings. The Morgan fingerprint density at radius 2 is 2.24 bits per heavy atom. The van der Waals surface area contributed by atoms with E-state index in [0.29, 0.717) is 0 Å². The Hall–Kier alpha value is -1.57. The molecule has 1 amide bonds. The standard InChI is InChI=1S/C15H19NO/c1-3-11(2)15(17)16-14-9-8-12-6-4-5-7-13(12)10-14/h4-9,11,14H,3,10H2,1-2H3,(H,16,17)/t11?,14-/m0/s1. The van der Waals surface area contributed by atoms with Crippen LogP contribution in [0.3, 0.4) is 0 Å². The average Bonchev–Trinajstić information content (AvgIpc) is 2.37. The van der Waals surface area contributed by atoms with Gasteiger partial charge in [0.2, 0.25) is 5.91 Å². The highest BCUT2D eigenvalue weighted by Gasteiger charge is 2.17. The smallest absolute Gasteiger partial charge is 0.223 e. The summed E-state index contributed by atoms with van der Waals surface area (Å²) in [7, 11) is 0. The molecule has 0 heterocycles. The minimum atomic E-state index is 0.0978. The van der Waals surface area contributed by atoms with Gasteiger partial charge in [-0.25, -0.2) is 0 Å². The van der Waals surface area contributed by atoms with Crippen LogP contribution in [-0.2, 0) is 11.2 Å². The number of hydrogen-bond donors (Lipinski definition) is 1. The Balaban J connectivity index is 2.02. The van der Waals surface area contributed by atoms with Crippen molar-refractivity contribution in [3.8, 4) is 0 Å². The summed E-state index contributed by atoms with van der Waals surface area (Å²) in [6, 6.07) is 8.47. The lowest BCUT2D eigenvalue weighted by atomic mass is 9.94. The van der Waals surface area contributed by atoms with Crippen molar-refractivity contribution >= 4 is 12.0 Å². The monoisotopic (exact) mass is 229 g/mol. The summed E-state index contributed by atoms with van der Waals surface area (Å²) in [5.74, 6) is 0.252. The molecule has 2 heteroatoms. The molecule has 0 saturated heterocycles. The molecule has 0 aliphatic heterocycles. The molecule has 0 saturated carbocycles. The summed E-state index contributed by atoms with van der Waals surface area (Å²) in [6.07, 6.45) is 5.97. The molecular formula is C15H19NO. The van der Waals surface area contributed by atoms with Gasteiger partial charge in [0.25, 0.3) is 0 Å². The number of benzene rings is 1. The second kappa shape index (κ2) is 5.17. The van der Waals surface area contributed by atoms with Gasteiger partial charge in [0.1, 0.15) is 0 Å². The predicted octanol–water partition coefficient (Wildman–Crippen LogP) is 2.79. The van der Waals surface area contributed by atoms with E-state index in [1.165, 1.54) is 11.1 Å². The van der Waals surface area contributed by atoms with Crippen molar-refractivity contribution in [2.75, 3.05) is 0 Å². The Bertz CT molecular complexity index is 436. The van der Waals surface area contributed by atoms with E-state index >= 15 is 0 Å². The minimum absolute atomic E-state index is 0.0978.